The summed E-state index contributed by atoms with van der Waals surface area (Å²) < 4.78 is 3.45. The molecule has 25 heavy (non-hydrogen) atoms. The fourth-order valence-electron chi connectivity index (χ4n) is 2.45. The topological polar surface area (TPSA) is 64.7 Å². The van der Waals surface area contributed by atoms with Gasteiger partial charge in [0.25, 0.3) is 5.91 Å². The lowest BCUT2D eigenvalue weighted by Gasteiger charge is -2.06. The first-order valence-corrected chi connectivity index (χ1v) is 8.39. The molecule has 0 saturated carbocycles. The first kappa shape index (κ1) is 17.5. The highest BCUT2D eigenvalue weighted by molar-refractivity contribution is 6.42. The number of anilines is 1. The molecule has 3 rings (SSSR count). The van der Waals surface area contributed by atoms with Crippen molar-refractivity contribution < 1.29 is 4.79 Å². The third kappa shape index (κ3) is 3.70. The number of rotatable bonds is 4. The molecule has 2 heterocycles. The van der Waals surface area contributed by atoms with E-state index < -0.39 is 0 Å². The normalized spacial score (nSPS) is 10.9. The molecule has 0 aliphatic heterocycles. The van der Waals surface area contributed by atoms with Gasteiger partial charge in [-0.15, -0.1) is 0 Å². The van der Waals surface area contributed by atoms with Crippen LogP contribution in [0.15, 0.2) is 30.5 Å². The Labute approximate surface area is 155 Å². The summed E-state index contributed by atoms with van der Waals surface area (Å²) in [7, 11) is 1.79. The first-order chi connectivity index (χ1) is 11.8. The van der Waals surface area contributed by atoms with Gasteiger partial charge in [0.15, 0.2) is 5.82 Å². The summed E-state index contributed by atoms with van der Waals surface area (Å²) in [5.74, 6) is 0.260. The molecule has 130 valence electrons. The number of aryl methyl sites for hydroxylation is 2. The number of hydrogen-bond acceptors (Lipinski definition) is 3. The minimum absolute atomic E-state index is 0.232. The van der Waals surface area contributed by atoms with Gasteiger partial charge in [-0.05, 0) is 31.5 Å². The minimum Gasteiger partial charge on any atom is -0.305 e. The van der Waals surface area contributed by atoms with E-state index in [1.807, 2.05) is 32.0 Å². The number of hydrogen-bond donors (Lipinski definition) is 1. The molecule has 8 heteroatoms. The number of benzene rings is 1. The lowest BCUT2D eigenvalue weighted by Crippen LogP contribution is -2.14. The average molecular weight is 378 g/mol. The zero-order valence-electron chi connectivity index (χ0n) is 14.0. The summed E-state index contributed by atoms with van der Waals surface area (Å²) in [4.78, 5) is 12.4. The molecule has 0 bridgehead atoms. The van der Waals surface area contributed by atoms with Crippen molar-refractivity contribution in [3.63, 3.8) is 0 Å². The van der Waals surface area contributed by atoms with Crippen molar-refractivity contribution >= 4 is 34.9 Å². The van der Waals surface area contributed by atoms with Crippen LogP contribution in [0, 0.1) is 13.8 Å². The molecule has 0 aliphatic carbocycles. The summed E-state index contributed by atoms with van der Waals surface area (Å²) in [6.07, 6.45) is 1.55. The molecule has 0 radical (unpaired) electrons. The summed E-state index contributed by atoms with van der Waals surface area (Å²) >= 11 is 12.0. The Morgan fingerprint density at radius 1 is 1.20 bits per heavy atom. The maximum absolute atomic E-state index is 12.4. The van der Waals surface area contributed by atoms with Crippen LogP contribution in [0.25, 0.3) is 0 Å². The Kier molecular flexibility index (Phi) is 4.83. The van der Waals surface area contributed by atoms with E-state index in [0.717, 1.165) is 17.0 Å². The van der Waals surface area contributed by atoms with Crippen LogP contribution in [0.1, 0.15) is 27.3 Å². The van der Waals surface area contributed by atoms with Crippen LogP contribution in [-0.2, 0) is 13.6 Å². The van der Waals surface area contributed by atoms with Crippen LogP contribution in [0.2, 0.25) is 10.0 Å². The Bertz CT molecular complexity index is 945. The molecule has 1 N–H and O–H groups in total. The second-order valence-electron chi connectivity index (χ2n) is 5.80. The number of amides is 1. The van der Waals surface area contributed by atoms with Gasteiger partial charge in [-0.1, -0.05) is 29.3 Å². The lowest BCUT2D eigenvalue weighted by molar-refractivity contribution is 0.102. The van der Waals surface area contributed by atoms with Crippen LogP contribution < -0.4 is 5.32 Å². The summed E-state index contributed by atoms with van der Waals surface area (Å²) in [5, 5.41) is 12.3. The Morgan fingerprint density at radius 2 is 1.96 bits per heavy atom. The zero-order valence-corrected chi connectivity index (χ0v) is 15.6. The van der Waals surface area contributed by atoms with E-state index in [2.05, 4.69) is 15.5 Å². The third-order valence-electron chi connectivity index (χ3n) is 4.02. The SMILES string of the molecule is Cc1c(C(=O)Nc2cc(C)n(Cc3ccc(Cl)c(Cl)c3)n2)cnn1C. The van der Waals surface area contributed by atoms with Crippen LogP contribution in [0.5, 0.6) is 0 Å². The standard InChI is InChI=1S/C17H17Cl2N5O/c1-10-6-16(21-17(25)13-8-20-23(3)11(13)2)22-24(10)9-12-4-5-14(18)15(19)7-12/h4-8H,9H2,1-3H3,(H,21,22,25). The van der Waals surface area contributed by atoms with E-state index in [-0.39, 0.29) is 5.91 Å². The molecule has 0 atom stereocenters. The van der Waals surface area contributed by atoms with E-state index >= 15 is 0 Å². The lowest BCUT2D eigenvalue weighted by atomic mass is 10.2. The monoisotopic (exact) mass is 377 g/mol. The molecule has 6 nitrogen and oxygen atoms in total. The largest absolute Gasteiger partial charge is 0.305 e. The second kappa shape index (κ2) is 6.90. The number of aromatic nitrogens is 4. The highest BCUT2D eigenvalue weighted by Gasteiger charge is 2.15. The molecule has 0 saturated heterocycles. The minimum atomic E-state index is -0.232. The third-order valence-corrected chi connectivity index (χ3v) is 4.76. The Balaban J connectivity index is 1.77. The Hall–Kier alpha value is -2.31. The van der Waals surface area contributed by atoms with Crippen molar-refractivity contribution in [1.29, 1.82) is 0 Å². The van der Waals surface area contributed by atoms with Crippen LogP contribution in [-0.4, -0.2) is 25.5 Å². The van der Waals surface area contributed by atoms with E-state index in [9.17, 15) is 4.79 Å². The van der Waals surface area contributed by atoms with Crippen LogP contribution in [0.3, 0.4) is 0 Å². The van der Waals surface area contributed by atoms with Gasteiger partial charge in [-0.3, -0.25) is 14.2 Å². The maximum Gasteiger partial charge on any atom is 0.260 e. The molecule has 3 aromatic rings. The highest BCUT2D eigenvalue weighted by atomic mass is 35.5. The smallest absolute Gasteiger partial charge is 0.260 e. The predicted molar refractivity (Wildman–Crippen MR) is 98.4 cm³/mol. The van der Waals surface area contributed by atoms with Crippen molar-refractivity contribution in [3.05, 3.63) is 63.0 Å². The average Bonchev–Trinajstić information content (AvgIpc) is 3.06. The van der Waals surface area contributed by atoms with Crippen LogP contribution in [0.4, 0.5) is 5.82 Å². The molecule has 2 aromatic heterocycles. The second-order valence-corrected chi connectivity index (χ2v) is 6.61. The molecular weight excluding hydrogens is 361 g/mol. The fraction of sp³-hybridized carbons (Fsp3) is 0.235. The zero-order chi connectivity index (χ0) is 18.1. The summed E-state index contributed by atoms with van der Waals surface area (Å²) in [6, 6.07) is 7.28. The number of carbonyl (C=O) groups is 1. The van der Waals surface area contributed by atoms with E-state index in [1.165, 1.54) is 0 Å². The van der Waals surface area contributed by atoms with Crippen molar-refractivity contribution in [2.24, 2.45) is 7.05 Å². The number of nitrogens with zero attached hydrogens (tertiary/aromatic N) is 4. The van der Waals surface area contributed by atoms with Gasteiger partial charge >= 0.3 is 0 Å². The van der Waals surface area contributed by atoms with Gasteiger partial charge in [-0.25, -0.2) is 0 Å². The number of halogens is 2. The van der Waals surface area contributed by atoms with Gasteiger partial charge in [0.1, 0.15) is 0 Å². The predicted octanol–water partition coefficient (Wildman–Crippen LogP) is 3.84. The van der Waals surface area contributed by atoms with Gasteiger partial charge in [0.05, 0.1) is 28.4 Å². The van der Waals surface area contributed by atoms with Crippen molar-refractivity contribution in [3.8, 4) is 0 Å². The molecule has 0 aliphatic rings. The highest BCUT2D eigenvalue weighted by Crippen LogP contribution is 2.23. The molecule has 1 amide bonds. The van der Waals surface area contributed by atoms with E-state index in [1.54, 1.807) is 28.7 Å². The fourth-order valence-corrected chi connectivity index (χ4v) is 2.77. The van der Waals surface area contributed by atoms with Crippen LogP contribution >= 0.6 is 23.2 Å². The van der Waals surface area contributed by atoms with Crippen molar-refractivity contribution in [2.75, 3.05) is 5.32 Å². The quantitative estimate of drug-likeness (QED) is 0.750. The van der Waals surface area contributed by atoms with Gasteiger partial charge in [0, 0.05) is 24.5 Å². The molecule has 1 aromatic carbocycles. The van der Waals surface area contributed by atoms with Gasteiger partial charge in [0.2, 0.25) is 0 Å². The van der Waals surface area contributed by atoms with Gasteiger partial charge in [-0.2, -0.15) is 10.2 Å². The summed E-state index contributed by atoms with van der Waals surface area (Å²) in [6.45, 7) is 4.30. The van der Waals surface area contributed by atoms with E-state index in [4.69, 9.17) is 23.2 Å². The number of carbonyl (C=O) groups excluding carboxylic acids is 1. The maximum atomic E-state index is 12.4. The number of nitrogens with one attached hydrogen (secondary N) is 1. The summed E-state index contributed by atoms with van der Waals surface area (Å²) in [5.41, 5.74) is 3.22. The first-order valence-electron chi connectivity index (χ1n) is 7.63. The van der Waals surface area contributed by atoms with Crippen molar-refractivity contribution in [1.82, 2.24) is 19.6 Å². The Morgan fingerprint density at radius 3 is 2.60 bits per heavy atom. The molecule has 0 unspecified atom stereocenters. The van der Waals surface area contributed by atoms with E-state index in [0.29, 0.717) is 28.0 Å². The molecule has 0 spiro atoms. The van der Waals surface area contributed by atoms with Gasteiger partial charge < -0.3 is 5.32 Å². The molecular formula is C17H17Cl2N5O. The molecule has 0 fully saturated rings. The van der Waals surface area contributed by atoms with Crippen molar-refractivity contribution in [2.45, 2.75) is 20.4 Å².